The Morgan fingerprint density at radius 1 is 1.04 bits per heavy atom. The second kappa shape index (κ2) is 6.10. The number of ether oxygens (including phenoxy) is 2. The minimum atomic E-state index is 0.590. The van der Waals surface area contributed by atoms with Gasteiger partial charge in [0, 0.05) is 12.0 Å². The summed E-state index contributed by atoms with van der Waals surface area (Å²) in [7, 11) is 0. The van der Waals surface area contributed by atoms with E-state index in [9.17, 15) is 0 Å². The lowest BCUT2D eigenvalue weighted by molar-refractivity contribution is 0.171. The molecule has 2 aromatic heterocycles. The van der Waals surface area contributed by atoms with Gasteiger partial charge in [-0.1, -0.05) is 41.7 Å². The van der Waals surface area contributed by atoms with Crippen LogP contribution in [-0.4, -0.2) is 33.0 Å². The van der Waals surface area contributed by atoms with E-state index in [1.165, 1.54) is 0 Å². The molecular formula is C19H16N4O2S. The number of aromatic nitrogens is 4. The highest BCUT2D eigenvalue weighted by Gasteiger charge is 2.16. The second-order valence-electron chi connectivity index (χ2n) is 6.18. The molecule has 0 spiro atoms. The van der Waals surface area contributed by atoms with Crippen molar-refractivity contribution in [3.63, 3.8) is 0 Å². The SMILES string of the molecule is Cc1ccccc1-c1nnc2sc(Cc3ccc4c(c3)OCCO4)nn12. The van der Waals surface area contributed by atoms with E-state index in [1.807, 2.05) is 34.8 Å². The molecule has 0 fully saturated rings. The van der Waals surface area contributed by atoms with Crippen molar-refractivity contribution in [3.8, 4) is 22.9 Å². The minimum Gasteiger partial charge on any atom is -0.486 e. The van der Waals surface area contributed by atoms with Gasteiger partial charge >= 0.3 is 0 Å². The second-order valence-corrected chi connectivity index (χ2v) is 7.22. The summed E-state index contributed by atoms with van der Waals surface area (Å²) in [5, 5.41) is 14.3. The summed E-state index contributed by atoms with van der Waals surface area (Å²) in [5.74, 6) is 2.39. The molecule has 0 aliphatic carbocycles. The first-order chi connectivity index (χ1) is 12.8. The molecular weight excluding hydrogens is 348 g/mol. The Morgan fingerprint density at radius 2 is 1.88 bits per heavy atom. The maximum atomic E-state index is 5.67. The summed E-state index contributed by atoms with van der Waals surface area (Å²) in [4.78, 5) is 0.802. The standard InChI is InChI=1S/C19H16N4O2S/c1-12-4-2-3-5-14(12)18-20-21-19-23(18)22-17(26-19)11-13-6-7-15-16(10-13)25-9-8-24-15/h2-7,10H,8-9,11H2,1H3. The molecule has 6 nitrogen and oxygen atoms in total. The van der Waals surface area contributed by atoms with Gasteiger partial charge in [-0.3, -0.25) is 0 Å². The number of nitrogens with zero attached hydrogens (tertiary/aromatic N) is 4. The first-order valence-corrected chi connectivity index (χ1v) is 9.25. The van der Waals surface area contributed by atoms with Gasteiger partial charge in [-0.05, 0) is 30.2 Å². The Morgan fingerprint density at radius 3 is 2.77 bits per heavy atom. The number of aryl methyl sites for hydroxylation is 1. The topological polar surface area (TPSA) is 61.5 Å². The summed E-state index contributed by atoms with van der Waals surface area (Å²) in [6, 6.07) is 14.2. The Balaban J connectivity index is 1.48. The summed E-state index contributed by atoms with van der Waals surface area (Å²) in [5.41, 5.74) is 3.34. The van der Waals surface area contributed by atoms with E-state index in [4.69, 9.17) is 14.6 Å². The average molecular weight is 364 g/mol. The Kier molecular flexibility index (Phi) is 3.60. The number of fused-ring (bicyclic) bond motifs is 2. The normalized spacial score (nSPS) is 13.3. The van der Waals surface area contributed by atoms with Gasteiger partial charge in [0.2, 0.25) is 4.96 Å². The summed E-state index contributed by atoms with van der Waals surface area (Å²) >= 11 is 1.56. The molecule has 1 aliphatic rings. The van der Waals surface area contributed by atoms with Gasteiger partial charge in [0.05, 0.1) is 0 Å². The highest BCUT2D eigenvalue weighted by molar-refractivity contribution is 7.16. The summed E-state index contributed by atoms with van der Waals surface area (Å²) < 4.78 is 13.1. The van der Waals surface area contributed by atoms with Crippen molar-refractivity contribution in [2.45, 2.75) is 13.3 Å². The van der Waals surface area contributed by atoms with Crippen LogP contribution in [0.5, 0.6) is 11.5 Å². The lowest BCUT2D eigenvalue weighted by Crippen LogP contribution is -2.15. The first-order valence-electron chi connectivity index (χ1n) is 8.43. The van der Waals surface area contributed by atoms with Gasteiger partial charge in [0.25, 0.3) is 0 Å². The van der Waals surface area contributed by atoms with E-state index < -0.39 is 0 Å². The molecule has 4 aromatic rings. The predicted molar refractivity (Wildman–Crippen MR) is 99.1 cm³/mol. The fraction of sp³-hybridized carbons (Fsp3) is 0.211. The van der Waals surface area contributed by atoms with Gasteiger partial charge in [-0.2, -0.15) is 9.61 Å². The van der Waals surface area contributed by atoms with Crippen molar-refractivity contribution in [1.82, 2.24) is 19.8 Å². The van der Waals surface area contributed by atoms with E-state index in [1.54, 1.807) is 11.3 Å². The van der Waals surface area contributed by atoms with Gasteiger partial charge < -0.3 is 9.47 Å². The van der Waals surface area contributed by atoms with Crippen molar-refractivity contribution < 1.29 is 9.47 Å². The van der Waals surface area contributed by atoms with Crippen LogP contribution in [0.15, 0.2) is 42.5 Å². The third kappa shape index (κ3) is 2.61. The molecule has 5 rings (SSSR count). The number of benzene rings is 2. The minimum absolute atomic E-state index is 0.590. The maximum Gasteiger partial charge on any atom is 0.234 e. The Hall–Kier alpha value is -2.93. The van der Waals surface area contributed by atoms with E-state index in [-0.39, 0.29) is 0 Å². The van der Waals surface area contributed by atoms with Crippen molar-refractivity contribution in [2.24, 2.45) is 0 Å². The van der Waals surface area contributed by atoms with Crippen LogP contribution >= 0.6 is 11.3 Å². The highest BCUT2D eigenvalue weighted by Crippen LogP contribution is 2.32. The van der Waals surface area contributed by atoms with Crippen LogP contribution in [0.4, 0.5) is 0 Å². The summed E-state index contributed by atoms with van der Waals surface area (Å²) in [6.07, 6.45) is 0.720. The maximum absolute atomic E-state index is 5.67. The van der Waals surface area contributed by atoms with E-state index in [0.29, 0.717) is 13.2 Å². The van der Waals surface area contributed by atoms with Crippen LogP contribution in [0.2, 0.25) is 0 Å². The average Bonchev–Trinajstić information content (AvgIpc) is 3.22. The quantitative estimate of drug-likeness (QED) is 0.557. The molecule has 3 heterocycles. The largest absolute Gasteiger partial charge is 0.486 e. The number of hydrogen-bond acceptors (Lipinski definition) is 6. The molecule has 2 aromatic carbocycles. The van der Waals surface area contributed by atoms with Crippen molar-refractivity contribution >= 4 is 16.3 Å². The van der Waals surface area contributed by atoms with E-state index in [0.717, 1.165) is 50.4 Å². The monoisotopic (exact) mass is 364 g/mol. The van der Waals surface area contributed by atoms with Crippen molar-refractivity contribution in [2.75, 3.05) is 13.2 Å². The van der Waals surface area contributed by atoms with Gasteiger partial charge in [0.15, 0.2) is 17.3 Å². The van der Waals surface area contributed by atoms with Crippen molar-refractivity contribution in [3.05, 3.63) is 58.6 Å². The molecule has 0 amide bonds. The number of hydrogen-bond donors (Lipinski definition) is 0. The van der Waals surface area contributed by atoms with Gasteiger partial charge in [0.1, 0.15) is 18.2 Å². The molecule has 0 unspecified atom stereocenters. The molecule has 7 heteroatoms. The Labute approximate surface area is 154 Å². The molecule has 0 saturated carbocycles. The fourth-order valence-corrected chi connectivity index (χ4v) is 3.96. The van der Waals surface area contributed by atoms with Crippen LogP contribution in [0, 0.1) is 6.92 Å². The zero-order valence-corrected chi connectivity index (χ0v) is 15.0. The fourth-order valence-electron chi connectivity index (χ4n) is 3.09. The molecule has 26 heavy (non-hydrogen) atoms. The zero-order valence-electron chi connectivity index (χ0n) is 14.2. The van der Waals surface area contributed by atoms with E-state index in [2.05, 4.69) is 29.3 Å². The lowest BCUT2D eigenvalue weighted by atomic mass is 10.1. The lowest BCUT2D eigenvalue weighted by Gasteiger charge is -2.18. The van der Waals surface area contributed by atoms with Crippen LogP contribution in [0.1, 0.15) is 16.1 Å². The molecule has 0 atom stereocenters. The smallest absolute Gasteiger partial charge is 0.234 e. The molecule has 1 aliphatic heterocycles. The third-order valence-corrected chi connectivity index (χ3v) is 5.28. The number of rotatable bonds is 3. The van der Waals surface area contributed by atoms with Crippen LogP contribution in [0.25, 0.3) is 16.3 Å². The Bertz CT molecular complexity index is 1100. The molecule has 0 saturated heterocycles. The zero-order chi connectivity index (χ0) is 17.5. The van der Waals surface area contributed by atoms with Gasteiger partial charge in [-0.25, -0.2) is 0 Å². The van der Waals surface area contributed by atoms with Gasteiger partial charge in [-0.15, -0.1) is 10.2 Å². The molecule has 0 radical (unpaired) electrons. The summed E-state index contributed by atoms with van der Waals surface area (Å²) in [6.45, 7) is 3.26. The third-order valence-electron chi connectivity index (χ3n) is 4.38. The van der Waals surface area contributed by atoms with Crippen molar-refractivity contribution in [1.29, 1.82) is 0 Å². The first kappa shape index (κ1) is 15.3. The molecule has 0 N–H and O–H groups in total. The van der Waals surface area contributed by atoms with Crippen LogP contribution in [-0.2, 0) is 6.42 Å². The highest BCUT2D eigenvalue weighted by atomic mass is 32.1. The molecule has 0 bridgehead atoms. The van der Waals surface area contributed by atoms with Crippen LogP contribution in [0.3, 0.4) is 0 Å². The molecule has 130 valence electrons. The van der Waals surface area contributed by atoms with Crippen LogP contribution < -0.4 is 9.47 Å². The van der Waals surface area contributed by atoms with E-state index >= 15 is 0 Å². The predicted octanol–water partition coefficient (Wildman–Crippen LogP) is 3.52.